The fourth-order valence-electron chi connectivity index (χ4n) is 3.32. The first-order valence-corrected chi connectivity index (χ1v) is 13.5. The van der Waals surface area contributed by atoms with E-state index in [1.54, 1.807) is 0 Å². The monoisotopic (exact) mass is 656 g/mol. The van der Waals surface area contributed by atoms with Gasteiger partial charge in [-0.05, 0) is 42.5 Å². The van der Waals surface area contributed by atoms with Crippen LogP contribution in [0.25, 0.3) is 0 Å². The number of hydrogen-bond donors (Lipinski definition) is 2. The van der Waals surface area contributed by atoms with Crippen molar-refractivity contribution in [1.82, 2.24) is 0 Å². The van der Waals surface area contributed by atoms with Crippen molar-refractivity contribution in [1.29, 1.82) is 0 Å². The lowest BCUT2D eigenvalue weighted by atomic mass is 10.2. The number of nitro benzene ring substituents is 2. The molecule has 0 spiro atoms. The Labute approximate surface area is 240 Å². The third-order valence-corrected chi connectivity index (χ3v) is 8.41. The standard InChI is InChI=1S/C23H15F7N4O7S2/c1-12(35)31-13-2-4-14(5-3-13)32-17-10-19(42-16-8-6-15(7-9-16)33(36)37)20(11-18(17)34(38)39)43(40,41)23(29,30)21(24,25)22(26,27)28/h2-11,32H,1H3,(H,31,35). The molecule has 0 aromatic heterocycles. The number of carbonyl (C=O) groups is 1. The minimum Gasteiger partial charge on any atom is -0.350 e. The van der Waals surface area contributed by atoms with Crippen molar-refractivity contribution in [3.8, 4) is 0 Å². The molecule has 20 heteroatoms. The Hall–Kier alpha value is -4.46. The molecule has 0 fully saturated rings. The third kappa shape index (κ3) is 6.63. The second kappa shape index (κ2) is 11.7. The van der Waals surface area contributed by atoms with Crippen LogP contribution >= 0.6 is 11.8 Å². The maximum atomic E-state index is 14.6. The molecule has 3 rings (SSSR count). The van der Waals surface area contributed by atoms with E-state index < -0.39 is 69.8 Å². The van der Waals surface area contributed by atoms with Crippen molar-refractivity contribution >= 4 is 55.9 Å². The van der Waals surface area contributed by atoms with Gasteiger partial charge in [0, 0.05) is 46.3 Å². The summed E-state index contributed by atoms with van der Waals surface area (Å²) in [6.07, 6.45) is -7.04. The number of anilines is 3. The van der Waals surface area contributed by atoms with Crippen LogP contribution in [-0.4, -0.2) is 41.5 Å². The summed E-state index contributed by atoms with van der Waals surface area (Å²) in [5, 5.41) is 20.8. The summed E-state index contributed by atoms with van der Waals surface area (Å²) in [4.78, 5) is 28.7. The number of carbonyl (C=O) groups excluding carboxylic acids is 1. The van der Waals surface area contributed by atoms with Crippen LogP contribution in [0, 0.1) is 20.2 Å². The van der Waals surface area contributed by atoms with Crippen LogP contribution in [0.3, 0.4) is 0 Å². The van der Waals surface area contributed by atoms with E-state index in [-0.39, 0.29) is 34.1 Å². The van der Waals surface area contributed by atoms with Gasteiger partial charge in [0.1, 0.15) is 5.69 Å². The van der Waals surface area contributed by atoms with E-state index in [4.69, 9.17) is 0 Å². The van der Waals surface area contributed by atoms with Crippen LogP contribution in [-0.2, 0) is 14.6 Å². The van der Waals surface area contributed by atoms with Crippen LogP contribution in [0.15, 0.2) is 75.4 Å². The fourth-order valence-corrected chi connectivity index (χ4v) is 5.96. The lowest BCUT2D eigenvalue weighted by Crippen LogP contribution is -2.56. The summed E-state index contributed by atoms with van der Waals surface area (Å²) in [5.74, 6) is -7.55. The number of amides is 1. The zero-order valence-corrected chi connectivity index (χ0v) is 22.6. The van der Waals surface area contributed by atoms with Crippen molar-refractivity contribution in [2.75, 3.05) is 10.6 Å². The first-order valence-electron chi connectivity index (χ1n) is 11.2. The molecule has 0 unspecified atom stereocenters. The molecular weight excluding hydrogens is 641 g/mol. The highest BCUT2D eigenvalue weighted by Crippen LogP contribution is 2.53. The molecule has 0 saturated carbocycles. The Morgan fingerprint density at radius 2 is 1.37 bits per heavy atom. The van der Waals surface area contributed by atoms with Crippen molar-refractivity contribution in [3.63, 3.8) is 0 Å². The number of alkyl halides is 7. The molecule has 43 heavy (non-hydrogen) atoms. The predicted molar refractivity (Wildman–Crippen MR) is 137 cm³/mol. The van der Waals surface area contributed by atoms with E-state index in [9.17, 15) is 64.2 Å². The molecule has 0 aliphatic carbocycles. The molecule has 0 aliphatic rings. The zero-order chi connectivity index (χ0) is 32.5. The van der Waals surface area contributed by atoms with Gasteiger partial charge in [0.2, 0.25) is 5.91 Å². The highest BCUT2D eigenvalue weighted by molar-refractivity contribution is 8.00. The molecule has 0 atom stereocenters. The van der Waals surface area contributed by atoms with E-state index in [0.29, 0.717) is 6.07 Å². The molecular formula is C23H15F7N4O7S2. The largest absolute Gasteiger partial charge is 0.461 e. The zero-order valence-electron chi connectivity index (χ0n) is 21.0. The highest BCUT2D eigenvalue weighted by atomic mass is 32.2. The normalized spacial score (nSPS) is 12.5. The van der Waals surface area contributed by atoms with Gasteiger partial charge in [0.05, 0.1) is 14.7 Å². The topological polar surface area (TPSA) is 162 Å². The van der Waals surface area contributed by atoms with Crippen molar-refractivity contribution in [2.45, 2.75) is 39.0 Å². The van der Waals surface area contributed by atoms with Crippen molar-refractivity contribution in [2.24, 2.45) is 0 Å². The number of halogens is 7. The van der Waals surface area contributed by atoms with Gasteiger partial charge in [0.15, 0.2) is 0 Å². The van der Waals surface area contributed by atoms with Gasteiger partial charge < -0.3 is 10.6 Å². The summed E-state index contributed by atoms with van der Waals surface area (Å²) < 4.78 is 121. The van der Waals surface area contributed by atoms with Crippen molar-refractivity contribution < 1.29 is 53.8 Å². The van der Waals surface area contributed by atoms with Crippen LogP contribution in [0.1, 0.15) is 6.92 Å². The second-order valence-electron chi connectivity index (χ2n) is 8.40. The van der Waals surface area contributed by atoms with E-state index in [2.05, 4.69) is 10.6 Å². The summed E-state index contributed by atoms with van der Waals surface area (Å²) in [7, 11) is -7.02. The second-order valence-corrected chi connectivity index (χ2v) is 11.5. The van der Waals surface area contributed by atoms with Crippen LogP contribution < -0.4 is 10.6 Å². The number of rotatable bonds is 10. The summed E-state index contributed by atoms with van der Waals surface area (Å²) in [6, 6.07) is 9.43. The lowest BCUT2D eigenvalue weighted by molar-refractivity contribution is -0.384. The summed E-state index contributed by atoms with van der Waals surface area (Å²) in [6.45, 7) is 1.21. The Kier molecular flexibility index (Phi) is 8.97. The predicted octanol–water partition coefficient (Wildman–Crippen LogP) is 6.92. The van der Waals surface area contributed by atoms with Gasteiger partial charge in [0.25, 0.3) is 21.2 Å². The summed E-state index contributed by atoms with van der Waals surface area (Å²) >= 11 is 0.179. The Morgan fingerprint density at radius 1 is 0.837 bits per heavy atom. The molecule has 11 nitrogen and oxygen atoms in total. The van der Waals surface area contributed by atoms with Crippen LogP contribution in [0.2, 0.25) is 0 Å². The van der Waals surface area contributed by atoms with E-state index in [1.807, 2.05) is 0 Å². The quantitative estimate of drug-likeness (QED) is 0.134. The molecule has 1 amide bonds. The molecule has 2 N–H and O–H groups in total. The first kappa shape index (κ1) is 33.0. The molecule has 0 bridgehead atoms. The molecule has 0 aliphatic heterocycles. The molecule has 3 aromatic carbocycles. The molecule has 0 heterocycles. The maximum absolute atomic E-state index is 14.6. The lowest BCUT2D eigenvalue weighted by Gasteiger charge is -2.28. The Balaban J connectivity index is 2.24. The number of benzene rings is 3. The van der Waals surface area contributed by atoms with Gasteiger partial charge in [-0.3, -0.25) is 25.0 Å². The molecule has 230 valence electrons. The van der Waals surface area contributed by atoms with Gasteiger partial charge in [-0.1, -0.05) is 11.8 Å². The molecule has 3 aromatic rings. The summed E-state index contributed by atoms with van der Waals surface area (Å²) in [5.41, 5.74) is -2.04. The first-order chi connectivity index (χ1) is 19.7. The van der Waals surface area contributed by atoms with Gasteiger partial charge in [-0.2, -0.15) is 30.7 Å². The van der Waals surface area contributed by atoms with Gasteiger partial charge in [-0.25, -0.2) is 8.42 Å². The minimum atomic E-state index is -7.12. The number of nitrogens with one attached hydrogen (secondary N) is 2. The average Bonchev–Trinajstić information content (AvgIpc) is 2.88. The number of non-ortho nitro benzene ring substituents is 1. The number of nitrogens with zero attached hydrogens (tertiary/aromatic N) is 2. The minimum absolute atomic E-state index is 0.0491. The number of sulfone groups is 1. The van der Waals surface area contributed by atoms with Crippen LogP contribution in [0.4, 0.5) is 59.2 Å². The van der Waals surface area contributed by atoms with Crippen LogP contribution in [0.5, 0.6) is 0 Å². The average molecular weight is 657 g/mol. The van der Waals surface area contributed by atoms with E-state index >= 15 is 0 Å². The van der Waals surface area contributed by atoms with E-state index in [1.165, 1.54) is 31.2 Å². The van der Waals surface area contributed by atoms with E-state index in [0.717, 1.165) is 24.3 Å². The SMILES string of the molecule is CC(=O)Nc1ccc(Nc2cc(Sc3ccc([N+](=O)[O-])cc3)c(S(=O)(=O)C(F)(F)C(F)(F)C(F)(F)F)cc2[N+](=O)[O-])cc1. The molecule has 0 radical (unpaired) electrons. The Morgan fingerprint density at radius 3 is 1.84 bits per heavy atom. The number of nitro groups is 2. The smallest absolute Gasteiger partial charge is 0.350 e. The highest BCUT2D eigenvalue weighted by Gasteiger charge is 2.79. The fraction of sp³-hybridized carbons (Fsp3) is 0.174. The van der Waals surface area contributed by atoms with Crippen molar-refractivity contribution in [3.05, 3.63) is 80.9 Å². The third-order valence-electron chi connectivity index (χ3n) is 5.37. The molecule has 0 saturated heterocycles. The maximum Gasteiger partial charge on any atom is 0.461 e. The van der Waals surface area contributed by atoms with Gasteiger partial charge >= 0.3 is 17.4 Å². The number of hydrogen-bond acceptors (Lipinski definition) is 9. The van der Waals surface area contributed by atoms with Gasteiger partial charge in [-0.15, -0.1) is 0 Å². The Bertz CT molecular complexity index is 1680.